The maximum atomic E-state index is 13.3. The molecule has 3 rings (SSSR count). The molecule has 1 aromatic carbocycles. The van der Waals surface area contributed by atoms with Crippen LogP contribution in [0.25, 0.3) is 0 Å². The fourth-order valence-electron chi connectivity index (χ4n) is 4.15. The molecule has 1 saturated carbocycles. The first-order chi connectivity index (χ1) is 15.9. The topological polar surface area (TPSA) is 101 Å². The van der Waals surface area contributed by atoms with Gasteiger partial charge < -0.3 is 14.2 Å². The minimum atomic E-state index is -0.739. The van der Waals surface area contributed by atoms with Crippen molar-refractivity contribution in [3.63, 3.8) is 0 Å². The number of carbonyl (C=O) groups excluding carboxylic acids is 2. The van der Waals surface area contributed by atoms with E-state index in [1.54, 1.807) is 18.9 Å². The molecule has 1 fully saturated rings. The maximum absolute atomic E-state index is 13.3. The number of benzene rings is 1. The second kappa shape index (κ2) is 11.3. The Bertz CT molecular complexity index is 995. The molecular weight excluding hydrogens is 438 g/mol. The highest BCUT2D eigenvalue weighted by molar-refractivity contribution is 8.00. The summed E-state index contributed by atoms with van der Waals surface area (Å²) in [5.74, 6) is 0.0196. The lowest BCUT2D eigenvalue weighted by molar-refractivity contribution is -0.142. The van der Waals surface area contributed by atoms with Crippen LogP contribution in [0.4, 0.5) is 0 Å². The summed E-state index contributed by atoms with van der Waals surface area (Å²) in [5.41, 5.74) is 0.294. The average Bonchev–Trinajstić information content (AvgIpc) is 3.19. The van der Waals surface area contributed by atoms with Crippen molar-refractivity contribution in [2.75, 3.05) is 13.7 Å². The number of ether oxygens (including phenoxy) is 1. The van der Waals surface area contributed by atoms with Crippen LogP contribution in [0.2, 0.25) is 0 Å². The van der Waals surface area contributed by atoms with E-state index >= 15 is 0 Å². The molecule has 9 heteroatoms. The van der Waals surface area contributed by atoms with Gasteiger partial charge in [-0.25, -0.2) is 0 Å². The molecule has 1 amide bonds. The quantitative estimate of drug-likeness (QED) is 0.408. The summed E-state index contributed by atoms with van der Waals surface area (Å²) in [5, 5.41) is 18.5. The minimum Gasteiger partial charge on any atom is -0.466 e. The van der Waals surface area contributed by atoms with Crippen molar-refractivity contribution in [3.8, 4) is 6.07 Å². The van der Waals surface area contributed by atoms with Gasteiger partial charge in [0.05, 0.1) is 24.5 Å². The molecular formula is C24H31N5O3S. The molecule has 33 heavy (non-hydrogen) atoms. The van der Waals surface area contributed by atoms with Crippen LogP contribution in [0, 0.1) is 11.3 Å². The highest BCUT2D eigenvalue weighted by Crippen LogP contribution is 2.34. The van der Waals surface area contributed by atoms with Crippen LogP contribution >= 0.6 is 11.8 Å². The first-order valence-electron chi connectivity index (χ1n) is 11.4. The molecule has 2 aromatic rings. The second-order valence-electron chi connectivity index (χ2n) is 8.31. The monoisotopic (exact) mass is 469 g/mol. The van der Waals surface area contributed by atoms with Crippen LogP contribution in [0.1, 0.15) is 57.3 Å². The first-order valence-corrected chi connectivity index (χ1v) is 12.3. The largest absolute Gasteiger partial charge is 0.466 e. The van der Waals surface area contributed by atoms with E-state index in [9.17, 15) is 14.9 Å². The van der Waals surface area contributed by atoms with E-state index in [4.69, 9.17) is 4.74 Å². The van der Waals surface area contributed by atoms with Gasteiger partial charge in [-0.2, -0.15) is 5.26 Å². The predicted molar refractivity (Wildman–Crippen MR) is 125 cm³/mol. The molecule has 0 saturated heterocycles. The van der Waals surface area contributed by atoms with Crippen LogP contribution in [0.3, 0.4) is 0 Å². The van der Waals surface area contributed by atoms with E-state index in [2.05, 4.69) is 16.3 Å². The van der Waals surface area contributed by atoms with Gasteiger partial charge in [-0.1, -0.05) is 61.4 Å². The molecule has 1 aromatic heterocycles. The van der Waals surface area contributed by atoms with Gasteiger partial charge in [0.1, 0.15) is 17.8 Å². The Morgan fingerprint density at radius 3 is 2.58 bits per heavy atom. The average molecular weight is 470 g/mol. The van der Waals surface area contributed by atoms with Gasteiger partial charge in [0, 0.05) is 7.05 Å². The fourth-order valence-corrected chi connectivity index (χ4v) is 5.11. The van der Waals surface area contributed by atoms with Crippen molar-refractivity contribution in [1.29, 1.82) is 5.26 Å². The SMILES string of the molecule is CCOC(=O)Cc1nnc(S[C@@H](C)C(=O)N(C)C2(C#N)CCCCC2)n1Cc1ccccc1. The molecule has 0 aliphatic heterocycles. The van der Waals surface area contributed by atoms with E-state index < -0.39 is 10.8 Å². The van der Waals surface area contributed by atoms with E-state index in [0.717, 1.165) is 24.8 Å². The molecule has 0 N–H and O–H groups in total. The predicted octanol–water partition coefficient (Wildman–Crippen LogP) is 3.60. The second-order valence-corrected chi connectivity index (χ2v) is 9.62. The molecule has 1 aliphatic carbocycles. The van der Waals surface area contributed by atoms with Gasteiger partial charge in [0.2, 0.25) is 5.91 Å². The van der Waals surface area contributed by atoms with E-state index in [1.807, 2.05) is 41.8 Å². The molecule has 8 nitrogen and oxygen atoms in total. The van der Waals surface area contributed by atoms with Gasteiger partial charge in [-0.05, 0) is 32.3 Å². The fraction of sp³-hybridized carbons (Fsp3) is 0.542. The minimum absolute atomic E-state index is 0.00794. The Labute approximate surface area is 199 Å². The van der Waals surface area contributed by atoms with Gasteiger partial charge in [-0.3, -0.25) is 9.59 Å². The third-order valence-corrected chi connectivity index (χ3v) is 7.14. The number of carbonyl (C=O) groups is 2. The molecule has 1 heterocycles. The van der Waals surface area contributed by atoms with E-state index in [0.29, 0.717) is 37.0 Å². The molecule has 0 spiro atoms. The van der Waals surface area contributed by atoms with Gasteiger partial charge in [0.15, 0.2) is 5.16 Å². The number of nitrogens with zero attached hydrogens (tertiary/aromatic N) is 5. The lowest BCUT2D eigenvalue weighted by Crippen LogP contribution is -2.52. The summed E-state index contributed by atoms with van der Waals surface area (Å²) in [6.07, 6.45) is 4.42. The van der Waals surface area contributed by atoms with E-state index in [1.165, 1.54) is 11.8 Å². The smallest absolute Gasteiger partial charge is 0.313 e. The van der Waals surface area contributed by atoms with Crippen molar-refractivity contribution < 1.29 is 14.3 Å². The zero-order chi connectivity index (χ0) is 23.8. The molecule has 1 atom stereocenters. The molecule has 0 radical (unpaired) electrons. The maximum Gasteiger partial charge on any atom is 0.313 e. The van der Waals surface area contributed by atoms with Crippen molar-refractivity contribution in [2.45, 2.75) is 74.9 Å². The standard InChI is InChI=1S/C24H31N5O3S/c1-4-32-21(30)15-20-26-27-23(29(20)16-19-11-7-5-8-12-19)33-18(2)22(31)28(3)24(17-25)13-9-6-10-14-24/h5,7-8,11-12,18H,4,6,9-10,13-16H2,1-3H3/t18-/m0/s1. The number of hydrogen-bond acceptors (Lipinski definition) is 7. The van der Waals surface area contributed by atoms with Crippen LogP contribution < -0.4 is 0 Å². The van der Waals surface area contributed by atoms with Crippen molar-refractivity contribution in [2.24, 2.45) is 0 Å². The molecule has 0 unspecified atom stereocenters. The zero-order valence-corrected chi connectivity index (χ0v) is 20.3. The third-order valence-electron chi connectivity index (χ3n) is 6.08. The highest BCUT2D eigenvalue weighted by atomic mass is 32.2. The van der Waals surface area contributed by atoms with Crippen molar-refractivity contribution in [3.05, 3.63) is 41.7 Å². The Hall–Kier alpha value is -2.86. The van der Waals surface area contributed by atoms with Crippen LogP contribution in [0.15, 0.2) is 35.5 Å². The van der Waals surface area contributed by atoms with Crippen molar-refractivity contribution >= 4 is 23.6 Å². The number of hydrogen-bond donors (Lipinski definition) is 0. The number of esters is 1. The molecule has 1 aliphatic rings. The lowest BCUT2D eigenvalue weighted by atomic mass is 9.81. The number of nitriles is 1. The van der Waals surface area contributed by atoms with Crippen molar-refractivity contribution in [1.82, 2.24) is 19.7 Å². The third kappa shape index (κ3) is 5.93. The summed E-state index contributed by atoms with van der Waals surface area (Å²) in [6.45, 7) is 4.36. The summed E-state index contributed by atoms with van der Waals surface area (Å²) >= 11 is 1.30. The summed E-state index contributed by atoms with van der Waals surface area (Å²) in [6, 6.07) is 12.2. The summed E-state index contributed by atoms with van der Waals surface area (Å²) in [4.78, 5) is 27.0. The zero-order valence-electron chi connectivity index (χ0n) is 19.5. The van der Waals surface area contributed by atoms with Crippen LogP contribution in [-0.2, 0) is 27.3 Å². The number of aromatic nitrogens is 3. The molecule has 0 bridgehead atoms. The normalized spacial score (nSPS) is 15.9. The van der Waals surface area contributed by atoms with Gasteiger partial charge in [0.25, 0.3) is 0 Å². The Morgan fingerprint density at radius 1 is 1.24 bits per heavy atom. The van der Waals surface area contributed by atoms with Crippen LogP contribution in [-0.4, -0.2) is 56.0 Å². The Balaban J connectivity index is 1.81. The van der Waals surface area contributed by atoms with Gasteiger partial charge >= 0.3 is 5.97 Å². The van der Waals surface area contributed by atoms with Crippen LogP contribution in [0.5, 0.6) is 0 Å². The summed E-state index contributed by atoms with van der Waals surface area (Å²) in [7, 11) is 1.73. The first kappa shape index (κ1) is 24.8. The Morgan fingerprint density at radius 2 is 1.94 bits per heavy atom. The summed E-state index contributed by atoms with van der Waals surface area (Å²) < 4.78 is 6.95. The highest BCUT2D eigenvalue weighted by Gasteiger charge is 2.40. The number of thioether (sulfide) groups is 1. The molecule has 176 valence electrons. The lowest BCUT2D eigenvalue weighted by Gasteiger charge is -2.40. The Kier molecular flexibility index (Phi) is 8.50. The number of amides is 1. The van der Waals surface area contributed by atoms with Gasteiger partial charge in [-0.15, -0.1) is 10.2 Å². The number of rotatable bonds is 9. The van der Waals surface area contributed by atoms with E-state index in [-0.39, 0.29) is 18.3 Å².